The molecule has 3 N–H and O–H groups in total. The SMILES string of the molecule is COc1cccc(N(NC(=O)C2CC2c2ccc(Cl)cc2)C(N)=S)c1. The Bertz CT molecular complexity index is 797. The Morgan fingerprint density at radius 2 is 2.04 bits per heavy atom. The second-order valence-corrected chi connectivity index (χ2v) is 6.71. The maximum Gasteiger partial charge on any atom is 0.242 e. The summed E-state index contributed by atoms with van der Waals surface area (Å²) in [4.78, 5) is 12.6. The van der Waals surface area contributed by atoms with Crippen LogP contribution in [0.5, 0.6) is 5.75 Å². The van der Waals surface area contributed by atoms with Crippen LogP contribution in [0.25, 0.3) is 0 Å². The Balaban J connectivity index is 1.70. The zero-order valence-electron chi connectivity index (χ0n) is 13.6. The number of nitrogens with zero attached hydrogens (tertiary/aromatic N) is 1. The molecule has 0 heterocycles. The van der Waals surface area contributed by atoms with Gasteiger partial charge in [0.15, 0.2) is 5.11 Å². The number of hydrogen-bond acceptors (Lipinski definition) is 3. The second kappa shape index (κ2) is 7.29. The monoisotopic (exact) mass is 375 g/mol. The number of hydrazine groups is 1. The molecule has 5 nitrogen and oxygen atoms in total. The van der Waals surface area contributed by atoms with Crippen molar-refractivity contribution in [1.29, 1.82) is 0 Å². The van der Waals surface area contributed by atoms with Crippen molar-refractivity contribution in [1.82, 2.24) is 5.43 Å². The van der Waals surface area contributed by atoms with Gasteiger partial charge < -0.3 is 10.5 Å². The molecule has 0 aromatic heterocycles. The first-order valence-corrected chi connectivity index (χ1v) is 8.58. The second-order valence-electron chi connectivity index (χ2n) is 5.85. The maximum atomic E-state index is 12.6. The highest BCUT2D eigenvalue weighted by Gasteiger charge is 2.44. The Morgan fingerprint density at radius 3 is 2.68 bits per heavy atom. The molecular weight excluding hydrogens is 358 g/mol. The van der Waals surface area contributed by atoms with Crippen LogP contribution in [0.2, 0.25) is 5.02 Å². The number of carbonyl (C=O) groups excluding carboxylic acids is 1. The minimum Gasteiger partial charge on any atom is -0.497 e. The van der Waals surface area contributed by atoms with Crippen molar-refractivity contribution in [2.24, 2.45) is 11.7 Å². The summed E-state index contributed by atoms with van der Waals surface area (Å²) in [6.07, 6.45) is 0.788. The number of rotatable bonds is 4. The molecule has 25 heavy (non-hydrogen) atoms. The Labute approximate surface area is 156 Å². The van der Waals surface area contributed by atoms with Crippen molar-refractivity contribution in [2.75, 3.05) is 12.1 Å². The highest BCUT2D eigenvalue weighted by Crippen LogP contribution is 2.47. The number of anilines is 1. The van der Waals surface area contributed by atoms with Gasteiger partial charge in [-0.05, 0) is 54.4 Å². The van der Waals surface area contributed by atoms with E-state index < -0.39 is 0 Å². The smallest absolute Gasteiger partial charge is 0.242 e. The van der Waals surface area contributed by atoms with Crippen molar-refractivity contribution in [2.45, 2.75) is 12.3 Å². The van der Waals surface area contributed by atoms with Gasteiger partial charge in [0.05, 0.1) is 12.8 Å². The predicted molar refractivity (Wildman–Crippen MR) is 103 cm³/mol. The predicted octanol–water partition coefficient (Wildman–Crippen LogP) is 3.23. The number of methoxy groups -OCH3 is 1. The van der Waals surface area contributed by atoms with Gasteiger partial charge in [-0.25, -0.2) is 5.01 Å². The van der Waals surface area contributed by atoms with E-state index in [1.807, 2.05) is 24.3 Å². The van der Waals surface area contributed by atoms with Crippen molar-refractivity contribution >= 4 is 40.5 Å². The first-order valence-electron chi connectivity index (χ1n) is 7.79. The molecule has 1 fully saturated rings. The average Bonchev–Trinajstić information content (AvgIpc) is 3.40. The zero-order valence-corrected chi connectivity index (χ0v) is 15.2. The number of nitrogens with one attached hydrogen (secondary N) is 1. The molecule has 1 aliphatic carbocycles. The fourth-order valence-electron chi connectivity index (χ4n) is 2.75. The number of thiocarbonyl (C=S) groups is 1. The van der Waals surface area contributed by atoms with E-state index in [-0.39, 0.29) is 22.9 Å². The molecule has 3 rings (SSSR count). The zero-order chi connectivity index (χ0) is 18.0. The quantitative estimate of drug-likeness (QED) is 0.634. The van der Waals surface area contributed by atoms with Gasteiger partial charge in [0.2, 0.25) is 5.91 Å². The van der Waals surface area contributed by atoms with E-state index in [0.29, 0.717) is 16.5 Å². The number of halogens is 1. The standard InChI is InChI=1S/C18H18ClN3O2S/c1-24-14-4-2-3-13(9-14)22(18(20)25)21-17(23)16-10-15(16)11-5-7-12(19)8-6-11/h2-9,15-16H,10H2,1H3,(H2,20,25)(H,21,23). The summed E-state index contributed by atoms with van der Waals surface area (Å²) >= 11 is 11.0. The van der Waals surface area contributed by atoms with E-state index in [0.717, 1.165) is 12.0 Å². The lowest BCUT2D eigenvalue weighted by Gasteiger charge is -2.23. The summed E-state index contributed by atoms with van der Waals surface area (Å²) in [6.45, 7) is 0. The van der Waals surface area contributed by atoms with Crippen LogP contribution >= 0.6 is 23.8 Å². The molecule has 2 aromatic rings. The van der Waals surface area contributed by atoms with Gasteiger partial charge >= 0.3 is 0 Å². The molecule has 0 aliphatic heterocycles. The topological polar surface area (TPSA) is 67.6 Å². The Hall–Kier alpha value is -2.31. The first-order chi connectivity index (χ1) is 12.0. The van der Waals surface area contributed by atoms with E-state index in [4.69, 9.17) is 34.3 Å². The molecular formula is C18H18ClN3O2S. The van der Waals surface area contributed by atoms with Crippen LogP contribution in [0.4, 0.5) is 5.69 Å². The van der Waals surface area contributed by atoms with Gasteiger partial charge in [-0.15, -0.1) is 0 Å². The van der Waals surface area contributed by atoms with Crippen LogP contribution < -0.4 is 20.9 Å². The summed E-state index contributed by atoms with van der Waals surface area (Å²) in [5, 5.41) is 2.14. The van der Waals surface area contributed by atoms with Crippen LogP contribution in [-0.4, -0.2) is 18.1 Å². The maximum absolute atomic E-state index is 12.6. The van der Waals surface area contributed by atoms with E-state index in [2.05, 4.69) is 5.43 Å². The minimum atomic E-state index is -0.115. The Morgan fingerprint density at radius 1 is 1.32 bits per heavy atom. The van der Waals surface area contributed by atoms with E-state index >= 15 is 0 Å². The number of ether oxygens (including phenoxy) is 1. The number of nitrogens with two attached hydrogens (primary N) is 1. The summed E-state index contributed by atoms with van der Waals surface area (Å²) in [5.74, 6) is 0.619. The summed E-state index contributed by atoms with van der Waals surface area (Å²) in [5.41, 5.74) is 10.3. The normalized spacial score (nSPS) is 18.3. The van der Waals surface area contributed by atoms with Crippen LogP contribution in [0.3, 0.4) is 0 Å². The van der Waals surface area contributed by atoms with Gasteiger partial charge in [-0.2, -0.15) is 0 Å². The molecule has 7 heteroatoms. The molecule has 130 valence electrons. The van der Waals surface area contributed by atoms with E-state index in [1.165, 1.54) is 5.01 Å². The van der Waals surface area contributed by atoms with E-state index in [1.54, 1.807) is 31.4 Å². The van der Waals surface area contributed by atoms with Crippen molar-refractivity contribution in [3.05, 3.63) is 59.1 Å². The molecule has 0 bridgehead atoms. The first kappa shape index (κ1) is 17.5. The minimum absolute atomic E-state index is 0.0605. The molecule has 1 amide bonds. The van der Waals surface area contributed by atoms with E-state index in [9.17, 15) is 4.79 Å². The lowest BCUT2D eigenvalue weighted by atomic mass is 10.1. The third-order valence-electron chi connectivity index (χ3n) is 4.18. The van der Waals surface area contributed by atoms with Crippen LogP contribution in [0.15, 0.2) is 48.5 Å². The van der Waals surface area contributed by atoms with Crippen molar-refractivity contribution in [3.63, 3.8) is 0 Å². The fraction of sp³-hybridized carbons (Fsp3) is 0.222. The lowest BCUT2D eigenvalue weighted by molar-refractivity contribution is -0.122. The molecule has 1 saturated carbocycles. The number of hydrogen-bond donors (Lipinski definition) is 2. The summed E-state index contributed by atoms with van der Waals surface area (Å²) in [6, 6.07) is 14.7. The van der Waals surface area contributed by atoms with Gasteiger partial charge in [-0.3, -0.25) is 10.2 Å². The third kappa shape index (κ3) is 4.03. The number of carbonyl (C=O) groups is 1. The van der Waals surface area contributed by atoms with Crippen LogP contribution in [0.1, 0.15) is 17.9 Å². The molecule has 1 aliphatic rings. The molecule has 2 atom stereocenters. The average molecular weight is 376 g/mol. The third-order valence-corrected chi connectivity index (χ3v) is 4.61. The molecule has 0 spiro atoms. The lowest BCUT2D eigenvalue weighted by Crippen LogP contribution is -2.49. The van der Waals surface area contributed by atoms with Crippen LogP contribution in [-0.2, 0) is 4.79 Å². The van der Waals surface area contributed by atoms with Gasteiger partial charge in [0.1, 0.15) is 5.75 Å². The van der Waals surface area contributed by atoms with Crippen molar-refractivity contribution in [3.8, 4) is 5.75 Å². The highest BCUT2D eigenvalue weighted by atomic mass is 35.5. The molecule has 0 saturated heterocycles. The number of amides is 1. The molecule has 2 aromatic carbocycles. The van der Waals surface area contributed by atoms with Crippen molar-refractivity contribution < 1.29 is 9.53 Å². The number of benzene rings is 2. The highest BCUT2D eigenvalue weighted by molar-refractivity contribution is 7.80. The fourth-order valence-corrected chi connectivity index (χ4v) is 3.03. The Kier molecular flexibility index (Phi) is 5.11. The van der Waals surface area contributed by atoms with Gasteiger partial charge in [0.25, 0.3) is 0 Å². The largest absolute Gasteiger partial charge is 0.497 e. The van der Waals surface area contributed by atoms with Gasteiger partial charge in [-0.1, -0.05) is 29.8 Å². The summed E-state index contributed by atoms with van der Waals surface area (Å²) < 4.78 is 5.20. The van der Waals surface area contributed by atoms with Gasteiger partial charge in [0, 0.05) is 17.0 Å². The molecule has 0 radical (unpaired) electrons. The molecule has 2 unspecified atom stereocenters. The van der Waals surface area contributed by atoms with Crippen LogP contribution in [0, 0.1) is 5.92 Å². The summed E-state index contributed by atoms with van der Waals surface area (Å²) in [7, 11) is 1.57.